The average Bonchev–Trinajstić information content (AvgIpc) is 3.33. The van der Waals surface area contributed by atoms with Crippen molar-refractivity contribution in [2.75, 3.05) is 12.0 Å². The van der Waals surface area contributed by atoms with Crippen molar-refractivity contribution in [3.8, 4) is 0 Å². The molecule has 5 atom stereocenters. The summed E-state index contributed by atoms with van der Waals surface area (Å²) in [5.74, 6) is -2.44. The van der Waals surface area contributed by atoms with Crippen LogP contribution in [0.15, 0.2) is 102 Å². The normalized spacial score (nSPS) is 27.1. The standard InChI is InChI=1S/C33H33N5O7S/c1-31(43-20-23-14-8-4-9-15-23)32(44-21-24-16-10-5-11-17-24)26(42-19-22-12-6-3-7-13-22)27(32)45-33(31,39)25-18-35-29-28(34)36-30(37-38(25)29)46(2,40)41/h3-18,26-27,39H,19-21H2,1-2H3,(H2,34,36,37). The molecule has 0 spiro atoms. The SMILES string of the molecule is CC1(OCc2ccccc2)C(O)(c2cnc3c(N)nc(S(C)(=O)=O)nn23)OC2C(OCc3ccccc3)C21OCc1ccccc1. The summed E-state index contributed by atoms with van der Waals surface area (Å²) in [4.78, 5) is 8.23. The van der Waals surface area contributed by atoms with Gasteiger partial charge < -0.3 is 29.8 Å². The van der Waals surface area contributed by atoms with Gasteiger partial charge in [0.05, 0.1) is 26.0 Å². The van der Waals surface area contributed by atoms with Gasteiger partial charge in [-0.15, -0.1) is 5.10 Å². The van der Waals surface area contributed by atoms with E-state index >= 15 is 0 Å². The summed E-state index contributed by atoms with van der Waals surface area (Å²) < 4.78 is 52.4. The predicted octanol–water partition coefficient (Wildman–Crippen LogP) is 3.18. The van der Waals surface area contributed by atoms with E-state index in [0.717, 1.165) is 27.5 Å². The number of nitrogen functional groups attached to an aromatic ring is 1. The summed E-state index contributed by atoms with van der Waals surface area (Å²) in [6.45, 7) is 2.23. The van der Waals surface area contributed by atoms with E-state index in [1.54, 1.807) is 6.92 Å². The highest BCUT2D eigenvalue weighted by Gasteiger charge is 2.90. The summed E-state index contributed by atoms with van der Waals surface area (Å²) in [7, 11) is -3.87. The predicted molar refractivity (Wildman–Crippen MR) is 166 cm³/mol. The highest BCUT2D eigenvalue weighted by molar-refractivity contribution is 7.90. The molecule has 0 bridgehead atoms. The van der Waals surface area contributed by atoms with E-state index in [1.165, 1.54) is 6.20 Å². The monoisotopic (exact) mass is 643 g/mol. The van der Waals surface area contributed by atoms with Gasteiger partial charge in [-0.05, 0) is 23.6 Å². The van der Waals surface area contributed by atoms with Crippen LogP contribution in [0.1, 0.15) is 29.3 Å². The molecule has 2 fully saturated rings. The molecule has 3 heterocycles. The lowest BCUT2D eigenvalue weighted by atomic mass is 9.85. The topological polar surface area (TPSA) is 160 Å². The van der Waals surface area contributed by atoms with Crippen molar-refractivity contribution in [1.29, 1.82) is 0 Å². The van der Waals surface area contributed by atoms with Crippen LogP contribution in [0.3, 0.4) is 0 Å². The third-order valence-corrected chi connectivity index (χ3v) is 9.55. The van der Waals surface area contributed by atoms with E-state index in [0.29, 0.717) is 0 Å². The largest absolute Gasteiger partial charge is 0.380 e. The van der Waals surface area contributed by atoms with Gasteiger partial charge in [-0.25, -0.2) is 17.9 Å². The van der Waals surface area contributed by atoms with Crippen LogP contribution in [0.25, 0.3) is 5.65 Å². The number of ether oxygens (including phenoxy) is 4. The molecule has 2 aliphatic rings. The highest BCUT2D eigenvalue weighted by Crippen LogP contribution is 2.67. The number of hydrogen-bond donors (Lipinski definition) is 2. The first-order chi connectivity index (χ1) is 22.1. The Bertz CT molecular complexity index is 1980. The molecule has 238 valence electrons. The van der Waals surface area contributed by atoms with Crippen molar-refractivity contribution < 1.29 is 32.5 Å². The fourth-order valence-electron chi connectivity index (χ4n) is 6.20. The number of benzene rings is 3. The lowest BCUT2D eigenvalue weighted by Crippen LogP contribution is -2.60. The summed E-state index contributed by atoms with van der Waals surface area (Å²) in [6, 6.07) is 28.8. The molecule has 1 aliphatic carbocycles. The Hall–Kier alpha value is -4.24. The van der Waals surface area contributed by atoms with Crippen molar-refractivity contribution in [2.45, 2.75) is 61.1 Å². The third kappa shape index (κ3) is 4.87. The molecular weight excluding hydrogens is 610 g/mol. The number of imidazole rings is 1. The first-order valence-electron chi connectivity index (χ1n) is 14.7. The number of aromatic nitrogens is 4. The van der Waals surface area contributed by atoms with Crippen molar-refractivity contribution in [2.24, 2.45) is 0 Å². The van der Waals surface area contributed by atoms with Crippen molar-refractivity contribution in [1.82, 2.24) is 19.6 Å². The van der Waals surface area contributed by atoms with Gasteiger partial charge >= 0.3 is 0 Å². The zero-order valence-electron chi connectivity index (χ0n) is 25.2. The van der Waals surface area contributed by atoms with Crippen molar-refractivity contribution >= 4 is 21.3 Å². The summed E-state index contributed by atoms with van der Waals surface area (Å²) in [6.07, 6.45) is 0.869. The van der Waals surface area contributed by atoms with Crippen LogP contribution in [0, 0.1) is 0 Å². The number of nitrogens with zero attached hydrogens (tertiary/aromatic N) is 4. The van der Waals surface area contributed by atoms with Crippen LogP contribution in [0.2, 0.25) is 0 Å². The van der Waals surface area contributed by atoms with Crippen LogP contribution >= 0.6 is 0 Å². The lowest BCUT2D eigenvalue weighted by Gasteiger charge is -2.44. The maximum atomic E-state index is 12.7. The third-order valence-electron chi connectivity index (χ3n) is 8.71. The molecule has 1 aliphatic heterocycles. The fourth-order valence-corrected chi connectivity index (χ4v) is 6.69. The van der Waals surface area contributed by atoms with E-state index < -0.39 is 44.2 Å². The minimum Gasteiger partial charge on any atom is -0.380 e. The van der Waals surface area contributed by atoms with Gasteiger partial charge in [-0.1, -0.05) is 91.0 Å². The van der Waals surface area contributed by atoms with E-state index in [1.807, 2.05) is 91.0 Å². The molecule has 5 aromatic rings. The minimum absolute atomic E-state index is 0.00578. The number of rotatable bonds is 11. The zero-order valence-corrected chi connectivity index (χ0v) is 26.0. The van der Waals surface area contributed by atoms with E-state index in [2.05, 4.69) is 15.1 Å². The van der Waals surface area contributed by atoms with Crippen molar-refractivity contribution in [3.05, 3.63) is 120 Å². The molecule has 0 amide bonds. The lowest BCUT2D eigenvalue weighted by molar-refractivity contribution is -0.325. The van der Waals surface area contributed by atoms with Gasteiger partial charge in [-0.2, -0.15) is 4.98 Å². The molecule has 1 saturated heterocycles. The van der Waals surface area contributed by atoms with Crippen LogP contribution in [-0.2, 0) is 54.4 Å². The molecule has 13 heteroatoms. The Morgan fingerprint density at radius 3 is 2.00 bits per heavy atom. The summed E-state index contributed by atoms with van der Waals surface area (Å²) in [5.41, 5.74) is 5.87. The maximum Gasteiger partial charge on any atom is 0.267 e. The quantitative estimate of drug-likeness (QED) is 0.218. The van der Waals surface area contributed by atoms with Crippen LogP contribution in [0.4, 0.5) is 5.82 Å². The average molecular weight is 644 g/mol. The molecular formula is C33H33N5O7S. The van der Waals surface area contributed by atoms with Gasteiger partial charge in [0.1, 0.15) is 17.9 Å². The van der Waals surface area contributed by atoms with E-state index in [-0.39, 0.29) is 37.0 Å². The first kappa shape index (κ1) is 30.4. The Kier molecular flexibility index (Phi) is 7.42. The molecule has 3 aromatic carbocycles. The Morgan fingerprint density at radius 2 is 1.43 bits per heavy atom. The molecule has 1 saturated carbocycles. The molecule has 2 aromatic heterocycles. The van der Waals surface area contributed by atoms with Crippen molar-refractivity contribution in [3.63, 3.8) is 0 Å². The number of anilines is 1. The first-order valence-corrected chi connectivity index (χ1v) is 16.6. The molecule has 12 nitrogen and oxygen atoms in total. The second-order valence-electron chi connectivity index (χ2n) is 11.7. The van der Waals surface area contributed by atoms with Crippen LogP contribution < -0.4 is 5.73 Å². The molecule has 3 N–H and O–H groups in total. The summed E-state index contributed by atoms with van der Waals surface area (Å²) in [5, 5.41) is 16.4. The number of nitrogens with two attached hydrogens (primary N) is 1. The smallest absolute Gasteiger partial charge is 0.267 e. The molecule has 0 radical (unpaired) electrons. The number of fused-ring (bicyclic) bond motifs is 2. The number of hydrogen-bond acceptors (Lipinski definition) is 11. The van der Waals surface area contributed by atoms with E-state index in [4.69, 9.17) is 24.7 Å². The molecule has 5 unspecified atom stereocenters. The molecule has 7 rings (SSSR count). The van der Waals surface area contributed by atoms with Gasteiger partial charge in [0.25, 0.3) is 5.16 Å². The molecule has 46 heavy (non-hydrogen) atoms. The fraction of sp³-hybridized carbons (Fsp3) is 0.303. The van der Waals surface area contributed by atoms with Crippen LogP contribution in [0.5, 0.6) is 0 Å². The van der Waals surface area contributed by atoms with Gasteiger partial charge in [0, 0.05) is 6.26 Å². The Balaban J connectivity index is 1.34. The van der Waals surface area contributed by atoms with E-state index in [9.17, 15) is 13.5 Å². The van der Waals surface area contributed by atoms with Gasteiger partial charge in [0.2, 0.25) is 15.6 Å². The minimum atomic E-state index is -3.87. The number of aliphatic hydroxyl groups is 1. The number of sulfone groups is 1. The van der Waals surface area contributed by atoms with Gasteiger partial charge in [-0.3, -0.25) is 0 Å². The van der Waals surface area contributed by atoms with Crippen LogP contribution in [-0.4, -0.2) is 62.8 Å². The zero-order chi connectivity index (χ0) is 32.2. The van der Waals surface area contributed by atoms with Gasteiger partial charge in [0.15, 0.2) is 22.7 Å². The maximum absolute atomic E-state index is 12.7. The second kappa shape index (κ2) is 11.2. The second-order valence-corrected chi connectivity index (χ2v) is 13.6. The highest BCUT2D eigenvalue weighted by atomic mass is 32.2. The summed E-state index contributed by atoms with van der Waals surface area (Å²) >= 11 is 0. The Labute approximate surface area is 265 Å². The Morgan fingerprint density at radius 1 is 0.891 bits per heavy atom.